The highest BCUT2D eigenvalue weighted by Crippen LogP contribution is 2.32. The van der Waals surface area contributed by atoms with Crippen LogP contribution < -0.4 is 9.47 Å². The minimum Gasteiger partial charge on any atom is -0.493 e. The molecule has 1 fully saturated rings. The molecule has 0 aliphatic carbocycles. The van der Waals surface area contributed by atoms with Crippen molar-refractivity contribution in [3.63, 3.8) is 0 Å². The van der Waals surface area contributed by atoms with Gasteiger partial charge in [0.1, 0.15) is 18.3 Å². The molecule has 6 heteroatoms. The minimum absolute atomic E-state index is 0.364. The van der Waals surface area contributed by atoms with Gasteiger partial charge >= 0.3 is 0 Å². The van der Waals surface area contributed by atoms with Gasteiger partial charge in [0, 0.05) is 0 Å². The highest BCUT2D eigenvalue weighted by molar-refractivity contribution is 5.54. The van der Waals surface area contributed by atoms with Gasteiger partial charge in [-0.3, -0.25) is 0 Å². The average molecular weight is 296 g/mol. The van der Waals surface area contributed by atoms with Crippen molar-refractivity contribution in [3.05, 3.63) is 30.3 Å². The Morgan fingerprint density at radius 3 is 2.48 bits per heavy atom. The molecule has 3 N–H and O–H groups in total. The molecule has 116 valence electrons. The first-order valence-electron chi connectivity index (χ1n) is 6.64. The summed E-state index contributed by atoms with van der Waals surface area (Å²) in [6.45, 7) is 5.26. The van der Waals surface area contributed by atoms with Crippen molar-refractivity contribution in [1.29, 1.82) is 0 Å². The number of aliphatic hydroxyl groups excluding tert-OH is 3. The van der Waals surface area contributed by atoms with Crippen molar-refractivity contribution >= 4 is 6.08 Å². The molecule has 0 saturated carbocycles. The van der Waals surface area contributed by atoms with Crippen LogP contribution in [0.25, 0.3) is 6.08 Å². The topological polar surface area (TPSA) is 88.4 Å². The Labute approximate surface area is 123 Å². The molecular formula is C15H20O6. The zero-order chi connectivity index (χ0) is 15.6. The van der Waals surface area contributed by atoms with Crippen LogP contribution in [0.1, 0.15) is 12.5 Å². The van der Waals surface area contributed by atoms with Gasteiger partial charge in [-0.15, -0.1) is 0 Å². The third kappa shape index (κ3) is 3.19. The van der Waals surface area contributed by atoms with Gasteiger partial charge in [-0.25, -0.2) is 0 Å². The SMILES string of the molecule is C=Cc1ccc(O[C@@H]2O[C@@H](C)[C@H](O)[C@@H](O)[C@H]2O)c(OC)c1. The Morgan fingerprint density at radius 1 is 1.14 bits per heavy atom. The van der Waals surface area contributed by atoms with E-state index in [0.717, 1.165) is 5.56 Å². The molecule has 0 unspecified atom stereocenters. The van der Waals surface area contributed by atoms with Crippen LogP contribution in [0.2, 0.25) is 0 Å². The molecule has 6 nitrogen and oxygen atoms in total. The van der Waals surface area contributed by atoms with Gasteiger partial charge in [0.2, 0.25) is 6.29 Å². The van der Waals surface area contributed by atoms with Crippen LogP contribution >= 0.6 is 0 Å². The second-order valence-corrected chi connectivity index (χ2v) is 4.91. The Kier molecular flexibility index (Phi) is 4.84. The second kappa shape index (κ2) is 6.44. The predicted octanol–water partition coefficient (Wildman–Crippen LogP) is 0.544. The third-order valence-electron chi connectivity index (χ3n) is 3.47. The summed E-state index contributed by atoms with van der Waals surface area (Å²) in [5.74, 6) is 0.819. The quantitative estimate of drug-likeness (QED) is 0.752. The van der Waals surface area contributed by atoms with Crippen LogP contribution in [0.5, 0.6) is 11.5 Å². The highest BCUT2D eigenvalue weighted by atomic mass is 16.7. The number of methoxy groups -OCH3 is 1. The molecule has 1 aromatic carbocycles. The molecule has 0 amide bonds. The number of rotatable bonds is 4. The van der Waals surface area contributed by atoms with Crippen LogP contribution in [0.3, 0.4) is 0 Å². The molecule has 1 saturated heterocycles. The van der Waals surface area contributed by atoms with Gasteiger partial charge in [-0.2, -0.15) is 0 Å². The van der Waals surface area contributed by atoms with Crippen LogP contribution in [-0.4, -0.2) is 53.1 Å². The van der Waals surface area contributed by atoms with E-state index in [1.54, 1.807) is 31.2 Å². The largest absolute Gasteiger partial charge is 0.493 e. The second-order valence-electron chi connectivity index (χ2n) is 4.91. The summed E-state index contributed by atoms with van der Waals surface area (Å²) in [5, 5.41) is 29.3. The van der Waals surface area contributed by atoms with Gasteiger partial charge in [0.05, 0.1) is 13.2 Å². The number of aliphatic hydroxyl groups is 3. The molecule has 2 rings (SSSR count). The fourth-order valence-corrected chi connectivity index (χ4v) is 2.14. The molecule has 0 spiro atoms. The summed E-state index contributed by atoms with van der Waals surface area (Å²) in [6.07, 6.45) is -3.95. The lowest BCUT2D eigenvalue weighted by atomic mass is 10.00. The Hall–Kier alpha value is -1.60. The number of benzene rings is 1. The van der Waals surface area contributed by atoms with Crippen molar-refractivity contribution in [2.24, 2.45) is 0 Å². The maximum Gasteiger partial charge on any atom is 0.229 e. The van der Waals surface area contributed by atoms with Crippen LogP contribution in [0, 0.1) is 0 Å². The molecule has 1 aliphatic heterocycles. The van der Waals surface area contributed by atoms with E-state index in [9.17, 15) is 15.3 Å². The van der Waals surface area contributed by atoms with E-state index in [0.29, 0.717) is 11.5 Å². The summed E-state index contributed by atoms with van der Waals surface area (Å²) in [7, 11) is 1.49. The normalized spacial score (nSPS) is 32.5. The van der Waals surface area contributed by atoms with E-state index < -0.39 is 30.7 Å². The lowest BCUT2D eigenvalue weighted by molar-refractivity contribution is -0.268. The van der Waals surface area contributed by atoms with E-state index in [-0.39, 0.29) is 0 Å². The van der Waals surface area contributed by atoms with Crippen molar-refractivity contribution < 1.29 is 29.5 Å². The van der Waals surface area contributed by atoms with Gasteiger partial charge in [-0.05, 0) is 24.6 Å². The van der Waals surface area contributed by atoms with Gasteiger partial charge < -0.3 is 29.5 Å². The van der Waals surface area contributed by atoms with E-state index in [1.165, 1.54) is 7.11 Å². The number of hydrogen-bond donors (Lipinski definition) is 3. The van der Waals surface area contributed by atoms with E-state index >= 15 is 0 Å². The molecule has 21 heavy (non-hydrogen) atoms. The minimum atomic E-state index is -1.36. The van der Waals surface area contributed by atoms with Gasteiger partial charge in [-0.1, -0.05) is 18.7 Å². The average Bonchev–Trinajstić information content (AvgIpc) is 2.50. The van der Waals surface area contributed by atoms with E-state index in [1.807, 2.05) is 0 Å². The molecular weight excluding hydrogens is 276 g/mol. The first-order chi connectivity index (χ1) is 9.97. The fourth-order valence-electron chi connectivity index (χ4n) is 2.14. The van der Waals surface area contributed by atoms with Crippen LogP contribution in [0.15, 0.2) is 24.8 Å². The predicted molar refractivity (Wildman–Crippen MR) is 76.1 cm³/mol. The number of hydrogen-bond acceptors (Lipinski definition) is 6. The lowest BCUT2D eigenvalue weighted by Crippen LogP contribution is -2.58. The molecule has 1 aromatic rings. The zero-order valence-corrected chi connectivity index (χ0v) is 12.0. The molecule has 0 bridgehead atoms. The van der Waals surface area contributed by atoms with Crippen molar-refractivity contribution in [2.75, 3.05) is 7.11 Å². The number of ether oxygens (including phenoxy) is 3. The summed E-state index contributed by atoms with van der Waals surface area (Å²) in [6, 6.07) is 5.16. The standard InChI is InChI=1S/C15H20O6/c1-4-9-5-6-10(11(7-9)19-3)21-15-14(18)13(17)12(16)8(2)20-15/h4-8,12-18H,1H2,2-3H3/t8-,12-,13+,14+,15-/m0/s1. The smallest absolute Gasteiger partial charge is 0.229 e. The van der Waals surface area contributed by atoms with Crippen molar-refractivity contribution in [1.82, 2.24) is 0 Å². The Morgan fingerprint density at radius 2 is 1.86 bits per heavy atom. The summed E-state index contributed by atoms with van der Waals surface area (Å²) in [5.41, 5.74) is 0.855. The maximum atomic E-state index is 9.93. The van der Waals surface area contributed by atoms with Gasteiger partial charge in [0.15, 0.2) is 11.5 Å². The molecule has 0 aromatic heterocycles. The van der Waals surface area contributed by atoms with E-state index in [4.69, 9.17) is 14.2 Å². The lowest BCUT2D eigenvalue weighted by Gasteiger charge is -2.39. The summed E-state index contributed by atoms with van der Waals surface area (Å²) in [4.78, 5) is 0. The molecule has 1 heterocycles. The Balaban J connectivity index is 2.19. The monoisotopic (exact) mass is 296 g/mol. The van der Waals surface area contributed by atoms with Crippen molar-refractivity contribution in [3.8, 4) is 11.5 Å². The summed E-state index contributed by atoms with van der Waals surface area (Å²) >= 11 is 0. The first-order valence-corrected chi connectivity index (χ1v) is 6.64. The third-order valence-corrected chi connectivity index (χ3v) is 3.47. The fraction of sp³-hybridized carbons (Fsp3) is 0.467. The van der Waals surface area contributed by atoms with Crippen LogP contribution in [0.4, 0.5) is 0 Å². The van der Waals surface area contributed by atoms with Crippen molar-refractivity contribution in [2.45, 2.75) is 37.6 Å². The molecule has 5 atom stereocenters. The maximum absolute atomic E-state index is 9.93. The van der Waals surface area contributed by atoms with Gasteiger partial charge in [0.25, 0.3) is 0 Å². The highest BCUT2D eigenvalue weighted by Gasteiger charge is 2.43. The Bertz CT molecular complexity index is 503. The summed E-state index contributed by atoms with van der Waals surface area (Å²) < 4.78 is 16.2. The molecule has 1 aliphatic rings. The van der Waals surface area contributed by atoms with E-state index in [2.05, 4.69) is 6.58 Å². The zero-order valence-electron chi connectivity index (χ0n) is 12.0. The first kappa shape index (κ1) is 15.8. The molecule has 0 radical (unpaired) electrons. The van der Waals surface area contributed by atoms with Crippen LogP contribution in [-0.2, 0) is 4.74 Å².